The van der Waals surface area contributed by atoms with Crippen LogP contribution in [0.25, 0.3) is 10.4 Å². The van der Waals surface area contributed by atoms with Crippen molar-refractivity contribution < 1.29 is 28.5 Å². The number of likely N-dealkylation sites (tertiary alicyclic amines) is 1. The number of amides is 1. The molecule has 3 fully saturated rings. The van der Waals surface area contributed by atoms with Crippen molar-refractivity contribution in [2.75, 3.05) is 27.4 Å². The van der Waals surface area contributed by atoms with Gasteiger partial charge in [0.25, 0.3) is 0 Å². The highest BCUT2D eigenvalue weighted by molar-refractivity contribution is 5.91. The van der Waals surface area contributed by atoms with Crippen molar-refractivity contribution in [1.29, 1.82) is 0 Å². The van der Waals surface area contributed by atoms with Crippen LogP contribution in [0.5, 0.6) is 5.75 Å². The number of methoxy groups -OCH3 is 2. The van der Waals surface area contributed by atoms with Gasteiger partial charge in [0, 0.05) is 29.7 Å². The summed E-state index contributed by atoms with van der Waals surface area (Å²) < 4.78 is 22.0. The Labute approximate surface area is 186 Å². The lowest BCUT2D eigenvalue weighted by Crippen LogP contribution is -2.58. The second-order valence-electron chi connectivity index (χ2n) is 8.56. The van der Waals surface area contributed by atoms with Gasteiger partial charge in [-0.15, -0.1) is 0 Å². The monoisotopic (exact) mass is 444 g/mol. The first-order valence-corrected chi connectivity index (χ1v) is 10.8. The highest BCUT2D eigenvalue weighted by atomic mass is 16.7. The fourth-order valence-corrected chi connectivity index (χ4v) is 5.30. The minimum atomic E-state index is -0.845. The molecule has 2 atom stereocenters. The molecule has 1 aliphatic carbocycles. The maximum Gasteiger partial charge on any atom is 0.328 e. The molecule has 1 aromatic rings. The summed E-state index contributed by atoms with van der Waals surface area (Å²) in [6.07, 6.45) is 3.04. The normalized spacial score (nSPS) is 24.4. The SMILES string of the molecule is COC(=O)[C@H](Cc1ccc(OC)cc1)N1C(=O)[C@@H](N=[N+]=[N-])CC12CCC1(CC2)OCCO1. The van der Waals surface area contributed by atoms with Crippen LogP contribution in [0.1, 0.15) is 37.7 Å². The Morgan fingerprint density at radius 3 is 2.44 bits per heavy atom. The molecule has 4 rings (SSSR count). The highest BCUT2D eigenvalue weighted by Crippen LogP contribution is 2.49. The molecule has 1 aromatic carbocycles. The second kappa shape index (κ2) is 8.97. The van der Waals surface area contributed by atoms with E-state index >= 15 is 0 Å². The molecule has 0 aromatic heterocycles. The molecule has 0 bridgehead atoms. The van der Waals surface area contributed by atoms with Crippen LogP contribution in [0, 0.1) is 0 Å². The first-order valence-electron chi connectivity index (χ1n) is 10.8. The summed E-state index contributed by atoms with van der Waals surface area (Å²) in [6.45, 7) is 1.11. The number of azide groups is 1. The Balaban J connectivity index is 1.66. The Morgan fingerprint density at radius 1 is 1.22 bits per heavy atom. The third-order valence-corrected chi connectivity index (χ3v) is 6.93. The number of hydrogen-bond donors (Lipinski definition) is 0. The van der Waals surface area contributed by atoms with Crippen LogP contribution in [-0.2, 0) is 30.2 Å². The first-order chi connectivity index (χ1) is 15.5. The Bertz CT molecular complexity index is 898. The minimum absolute atomic E-state index is 0.283. The smallest absolute Gasteiger partial charge is 0.328 e. The maximum absolute atomic E-state index is 13.4. The van der Waals surface area contributed by atoms with Gasteiger partial charge >= 0.3 is 5.97 Å². The Kier molecular flexibility index (Phi) is 6.28. The molecule has 0 radical (unpaired) electrons. The maximum atomic E-state index is 13.4. The Hall–Kier alpha value is -2.81. The summed E-state index contributed by atoms with van der Waals surface area (Å²) >= 11 is 0. The molecule has 2 aliphatic heterocycles. The average molecular weight is 444 g/mol. The number of benzene rings is 1. The topological polar surface area (TPSA) is 123 Å². The van der Waals surface area contributed by atoms with Crippen LogP contribution in [0.4, 0.5) is 0 Å². The van der Waals surface area contributed by atoms with Crippen LogP contribution in [0.2, 0.25) is 0 Å². The van der Waals surface area contributed by atoms with Gasteiger partial charge in [0.05, 0.1) is 27.4 Å². The summed E-state index contributed by atoms with van der Waals surface area (Å²) in [6, 6.07) is 5.67. The number of esters is 1. The summed E-state index contributed by atoms with van der Waals surface area (Å²) in [5.41, 5.74) is 9.25. The minimum Gasteiger partial charge on any atom is -0.497 e. The van der Waals surface area contributed by atoms with Gasteiger partial charge in [0.15, 0.2) is 5.79 Å². The molecule has 2 saturated heterocycles. The fourth-order valence-electron chi connectivity index (χ4n) is 5.30. The summed E-state index contributed by atoms with van der Waals surface area (Å²) in [5, 5.41) is 3.75. The predicted molar refractivity (Wildman–Crippen MR) is 113 cm³/mol. The Morgan fingerprint density at radius 2 is 1.88 bits per heavy atom. The van der Waals surface area contributed by atoms with Crippen molar-refractivity contribution in [3.05, 3.63) is 40.3 Å². The van der Waals surface area contributed by atoms with Crippen molar-refractivity contribution in [2.24, 2.45) is 5.11 Å². The van der Waals surface area contributed by atoms with E-state index in [0.29, 0.717) is 51.1 Å². The molecule has 32 heavy (non-hydrogen) atoms. The van der Waals surface area contributed by atoms with Gasteiger partial charge in [-0.25, -0.2) is 4.79 Å². The zero-order valence-electron chi connectivity index (χ0n) is 18.4. The van der Waals surface area contributed by atoms with Gasteiger partial charge in [-0.2, -0.15) is 0 Å². The fraction of sp³-hybridized carbons (Fsp3) is 0.636. The van der Waals surface area contributed by atoms with E-state index < -0.39 is 29.4 Å². The van der Waals surface area contributed by atoms with Gasteiger partial charge in [-0.1, -0.05) is 17.2 Å². The molecule has 10 heteroatoms. The largest absolute Gasteiger partial charge is 0.497 e. The molecule has 0 unspecified atom stereocenters. The van der Waals surface area contributed by atoms with Crippen LogP contribution in [0.15, 0.2) is 29.4 Å². The number of carbonyl (C=O) groups excluding carboxylic acids is 2. The van der Waals surface area contributed by atoms with Crippen molar-refractivity contribution in [3.8, 4) is 5.75 Å². The van der Waals surface area contributed by atoms with Crippen LogP contribution >= 0.6 is 0 Å². The molecule has 1 saturated carbocycles. The highest BCUT2D eigenvalue weighted by Gasteiger charge is 2.58. The molecule has 172 valence electrons. The van der Waals surface area contributed by atoms with Crippen LogP contribution in [0.3, 0.4) is 0 Å². The summed E-state index contributed by atoms with van der Waals surface area (Å²) in [4.78, 5) is 30.8. The molecular formula is C22H28N4O6. The van der Waals surface area contributed by atoms with Crippen molar-refractivity contribution in [2.45, 2.75) is 61.9 Å². The third kappa shape index (κ3) is 4.01. The van der Waals surface area contributed by atoms with E-state index in [1.54, 1.807) is 12.0 Å². The lowest BCUT2D eigenvalue weighted by atomic mass is 9.75. The molecule has 0 N–H and O–H groups in total. The molecule has 1 amide bonds. The lowest BCUT2D eigenvalue weighted by molar-refractivity contribution is -0.196. The average Bonchev–Trinajstić information content (AvgIpc) is 3.38. The number of ether oxygens (including phenoxy) is 4. The number of carbonyl (C=O) groups is 2. The van der Waals surface area contributed by atoms with Crippen LogP contribution < -0.4 is 4.74 Å². The van der Waals surface area contributed by atoms with Crippen molar-refractivity contribution in [1.82, 2.24) is 4.90 Å². The predicted octanol–water partition coefficient (Wildman–Crippen LogP) is 2.75. The van der Waals surface area contributed by atoms with Crippen LogP contribution in [-0.4, -0.2) is 67.6 Å². The van der Waals surface area contributed by atoms with Gasteiger partial charge in [-0.3, -0.25) is 4.79 Å². The van der Waals surface area contributed by atoms with E-state index in [4.69, 9.17) is 24.5 Å². The van der Waals surface area contributed by atoms with E-state index in [2.05, 4.69) is 10.0 Å². The molecular weight excluding hydrogens is 416 g/mol. The lowest BCUT2D eigenvalue weighted by Gasteiger charge is -2.48. The van der Waals surface area contributed by atoms with E-state index in [-0.39, 0.29) is 12.3 Å². The molecule has 2 heterocycles. The molecule has 10 nitrogen and oxygen atoms in total. The van der Waals surface area contributed by atoms with Gasteiger partial charge in [0.1, 0.15) is 17.8 Å². The zero-order chi connectivity index (χ0) is 22.8. The molecule has 2 spiro atoms. The van der Waals surface area contributed by atoms with Crippen molar-refractivity contribution >= 4 is 11.9 Å². The quantitative estimate of drug-likeness (QED) is 0.288. The number of nitrogens with zero attached hydrogens (tertiary/aromatic N) is 4. The van der Waals surface area contributed by atoms with E-state index in [1.165, 1.54) is 7.11 Å². The summed E-state index contributed by atoms with van der Waals surface area (Å²) in [5.74, 6) is -0.748. The van der Waals surface area contributed by atoms with Crippen molar-refractivity contribution in [3.63, 3.8) is 0 Å². The van der Waals surface area contributed by atoms with E-state index in [1.807, 2.05) is 24.3 Å². The van der Waals surface area contributed by atoms with Gasteiger partial charge < -0.3 is 23.8 Å². The van der Waals surface area contributed by atoms with Gasteiger partial charge in [0.2, 0.25) is 5.91 Å². The standard InChI is InChI=1S/C22H28N4O6/c1-29-16-5-3-15(4-6-16)13-18(20(28)30-2)26-19(27)17(24-25-23)14-21(26)7-9-22(10-8-21)31-11-12-32-22/h3-6,17-18H,7-14H2,1-2H3/t17-,18-/m0/s1. The van der Waals surface area contributed by atoms with E-state index in [9.17, 15) is 9.59 Å². The summed E-state index contributed by atoms with van der Waals surface area (Å²) in [7, 11) is 2.90. The first kappa shape index (κ1) is 22.4. The number of hydrogen-bond acceptors (Lipinski definition) is 7. The van der Waals surface area contributed by atoms with Gasteiger partial charge in [-0.05, 0) is 42.5 Å². The molecule has 3 aliphatic rings. The third-order valence-electron chi connectivity index (χ3n) is 6.93. The second-order valence-corrected chi connectivity index (χ2v) is 8.56. The number of rotatable bonds is 6. The van der Waals surface area contributed by atoms with E-state index in [0.717, 1.165) is 5.56 Å². The zero-order valence-corrected chi connectivity index (χ0v) is 18.4.